The maximum Gasteiger partial charge on any atom is 0.242 e. The van der Waals surface area contributed by atoms with Crippen molar-refractivity contribution in [1.82, 2.24) is 14.8 Å². The fraction of sp³-hybridized carbons (Fsp3) is 0.125. The first kappa shape index (κ1) is 21.9. The molecule has 0 saturated carbocycles. The van der Waals surface area contributed by atoms with E-state index in [1.807, 2.05) is 60.1 Å². The Morgan fingerprint density at radius 2 is 1.61 bits per heavy atom. The average molecular weight is 495 g/mol. The number of carbonyl (C=O) groups is 1. The topological polar surface area (TPSA) is 60.2 Å². The van der Waals surface area contributed by atoms with E-state index in [0.717, 1.165) is 21.2 Å². The minimum absolute atomic E-state index is 0.0119. The largest absolute Gasteiger partial charge is 0.486 e. The van der Waals surface area contributed by atoms with Crippen molar-refractivity contribution >= 4 is 52.4 Å². The monoisotopic (exact) mass is 494 g/mol. The minimum atomic E-state index is -0.0119. The lowest BCUT2D eigenvalue weighted by molar-refractivity contribution is -0.115. The van der Waals surface area contributed by atoms with Gasteiger partial charge in [-0.05, 0) is 48.5 Å². The van der Waals surface area contributed by atoms with Crippen LogP contribution in [0.5, 0.6) is 5.75 Å². The molecule has 4 aromatic rings. The zero-order chi connectivity index (χ0) is 22.8. The molecule has 0 unspecified atom stereocenters. The van der Waals surface area contributed by atoms with Gasteiger partial charge in [0, 0.05) is 21.9 Å². The second-order valence-electron chi connectivity index (χ2n) is 7.26. The van der Waals surface area contributed by atoms with Crippen molar-refractivity contribution in [1.29, 1.82) is 0 Å². The van der Waals surface area contributed by atoms with Crippen molar-refractivity contribution in [3.8, 4) is 5.75 Å². The number of hydrogen-bond donors (Lipinski definition) is 0. The lowest BCUT2D eigenvalue weighted by Gasteiger charge is -2.30. The molecule has 2 heterocycles. The molecule has 166 valence electrons. The molecule has 0 radical (unpaired) electrons. The van der Waals surface area contributed by atoms with Crippen LogP contribution in [-0.2, 0) is 18.4 Å². The summed E-state index contributed by atoms with van der Waals surface area (Å²) < 4.78 is 7.62. The SMILES string of the molecule is Cn1c(COc2ccc(Cl)cc2)nnc1SCC(=O)N1c2ccccc2Sc2ccccc21. The smallest absolute Gasteiger partial charge is 0.242 e. The number of amides is 1. The van der Waals surface area contributed by atoms with E-state index in [2.05, 4.69) is 10.2 Å². The highest BCUT2D eigenvalue weighted by molar-refractivity contribution is 8.00. The van der Waals surface area contributed by atoms with Crippen molar-refractivity contribution in [3.63, 3.8) is 0 Å². The minimum Gasteiger partial charge on any atom is -0.486 e. The number of halogens is 1. The maximum absolute atomic E-state index is 13.4. The van der Waals surface area contributed by atoms with Gasteiger partial charge in [0.05, 0.1) is 17.1 Å². The fourth-order valence-electron chi connectivity index (χ4n) is 3.44. The van der Waals surface area contributed by atoms with Gasteiger partial charge in [-0.25, -0.2) is 0 Å². The Morgan fingerprint density at radius 1 is 0.970 bits per heavy atom. The van der Waals surface area contributed by atoms with Gasteiger partial charge in [0.1, 0.15) is 12.4 Å². The molecule has 6 nitrogen and oxygen atoms in total. The Morgan fingerprint density at radius 3 is 2.27 bits per heavy atom. The van der Waals surface area contributed by atoms with E-state index in [4.69, 9.17) is 16.3 Å². The fourth-order valence-corrected chi connectivity index (χ4v) is 5.40. The number of thioether (sulfide) groups is 1. The third-order valence-electron chi connectivity index (χ3n) is 5.11. The zero-order valence-corrected chi connectivity index (χ0v) is 20.0. The number of nitrogens with zero attached hydrogens (tertiary/aromatic N) is 4. The molecule has 0 aliphatic carbocycles. The summed E-state index contributed by atoms with van der Waals surface area (Å²) in [7, 11) is 1.87. The third-order valence-corrected chi connectivity index (χ3v) is 7.50. The standard InChI is InChI=1S/C24H19ClN4O2S2/c1-28-22(14-31-17-12-10-16(25)11-13-17)26-27-24(28)32-15-23(30)29-18-6-2-4-8-20(18)33-21-9-5-3-7-19(21)29/h2-13H,14-15H2,1H3. The highest BCUT2D eigenvalue weighted by Gasteiger charge is 2.28. The van der Waals surface area contributed by atoms with E-state index in [9.17, 15) is 4.79 Å². The highest BCUT2D eigenvalue weighted by Crippen LogP contribution is 2.48. The highest BCUT2D eigenvalue weighted by atomic mass is 35.5. The lowest BCUT2D eigenvalue weighted by atomic mass is 10.2. The van der Waals surface area contributed by atoms with E-state index in [-0.39, 0.29) is 18.3 Å². The molecule has 9 heteroatoms. The van der Waals surface area contributed by atoms with Crippen LogP contribution in [0.3, 0.4) is 0 Å². The maximum atomic E-state index is 13.4. The molecule has 0 bridgehead atoms. The molecule has 5 rings (SSSR count). The molecule has 0 spiro atoms. The number of para-hydroxylation sites is 2. The summed E-state index contributed by atoms with van der Waals surface area (Å²) in [6.07, 6.45) is 0. The molecule has 0 fully saturated rings. The molecule has 0 saturated heterocycles. The number of carbonyl (C=O) groups excluding carboxylic acids is 1. The van der Waals surface area contributed by atoms with Crippen LogP contribution < -0.4 is 9.64 Å². The number of fused-ring (bicyclic) bond motifs is 2. The van der Waals surface area contributed by atoms with E-state index in [1.165, 1.54) is 11.8 Å². The summed E-state index contributed by atoms with van der Waals surface area (Å²) in [5.41, 5.74) is 1.81. The van der Waals surface area contributed by atoms with Crippen LogP contribution in [0.2, 0.25) is 5.02 Å². The first-order valence-electron chi connectivity index (χ1n) is 10.2. The van der Waals surface area contributed by atoms with Gasteiger partial charge >= 0.3 is 0 Å². The first-order chi connectivity index (χ1) is 16.1. The van der Waals surface area contributed by atoms with Crippen LogP contribution in [0.15, 0.2) is 87.7 Å². The molecule has 33 heavy (non-hydrogen) atoms. The summed E-state index contributed by atoms with van der Waals surface area (Å²) in [6.45, 7) is 0.268. The molecule has 1 aliphatic heterocycles. The van der Waals surface area contributed by atoms with Gasteiger partial charge in [0.2, 0.25) is 5.91 Å². The Hall–Kier alpha value is -2.94. The van der Waals surface area contributed by atoms with Crippen molar-refractivity contribution < 1.29 is 9.53 Å². The lowest BCUT2D eigenvalue weighted by Crippen LogP contribution is -2.30. The van der Waals surface area contributed by atoms with Crippen LogP contribution in [0.25, 0.3) is 0 Å². The molecule has 1 aromatic heterocycles. The van der Waals surface area contributed by atoms with Gasteiger partial charge in [-0.15, -0.1) is 10.2 Å². The summed E-state index contributed by atoms with van der Waals surface area (Å²) in [5.74, 6) is 1.59. The molecule has 1 aliphatic rings. The number of aromatic nitrogens is 3. The van der Waals surface area contributed by atoms with Crippen molar-refractivity contribution in [3.05, 3.63) is 83.6 Å². The molecular weight excluding hydrogens is 476 g/mol. The first-order valence-corrected chi connectivity index (χ1v) is 12.4. The van der Waals surface area contributed by atoms with Crippen LogP contribution >= 0.6 is 35.1 Å². The molecule has 0 atom stereocenters. The summed E-state index contributed by atoms with van der Waals surface area (Å²) in [6, 6.07) is 23.1. The predicted molar refractivity (Wildman–Crippen MR) is 132 cm³/mol. The van der Waals surface area contributed by atoms with Gasteiger partial charge in [-0.3, -0.25) is 9.69 Å². The number of rotatable bonds is 6. The Kier molecular flexibility index (Phi) is 6.30. The molecule has 1 amide bonds. The Bertz CT molecular complexity index is 1260. The quantitative estimate of drug-likeness (QED) is 0.308. The summed E-state index contributed by atoms with van der Waals surface area (Å²) in [5, 5.41) is 9.78. The van der Waals surface area contributed by atoms with Crippen LogP contribution in [-0.4, -0.2) is 26.4 Å². The van der Waals surface area contributed by atoms with Crippen molar-refractivity contribution in [2.75, 3.05) is 10.7 Å². The van der Waals surface area contributed by atoms with E-state index >= 15 is 0 Å². The molecular formula is C24H19ClN4O2S2. The van der Waals surface area contributed by atoms with Gasteiger partial charge in [-0.1, -0.05) is 59.4 Å². The van der Waals surface area contributed by atoms with Gasteiger partial charge in [-0.2, -0.15) is 0 Å². The van der Waals surface area contributed by atoms with Gasteiger partial charge in [0.25, 0.3) is 0 Å². The second kappa shape index (κ2) is 9.51. The Labute approximate surface area is 204 Å². The number of anilines is 2. The zero-order valence-electron chi connectivity index (χ0n) is 17.6. The van der Waals surface area contributed by atoms with Crippen molar-refractivity contribution in [2.24, 2.45) is 7.05 Å². The van der Waals surface area contributed by atoms with Crippen LogP contribution in [0.4, 0.5) is 11.4 Å². The van der Waals surface area contributed by atoms with Crippen LogP contribution in [0, 0.1) is 0 Å². The second-order valence-corrected chi connectivity index (χ2v) is 9.72. The van der Waals surface area contributed by atoms with Crippen LogP contribution in [0.1, 0.15) is 5.82 Å². The number of hydrogen-bond acceptors (Lipinski definition) is 6. The normalized spacial score (nSPS) is 12.2. The van der Waals surface area contributed by atoms with E-state index in [0.29, 0.717) is 21.8 Å². The summed E-state index contributed by atoms with van der Waals surface area (Å²) >= 11 is 8.95. The van der Waals surface area contributed by atoms with Gasteiger partial charge in [0.15, 0.2) is 11.0 Å². The molecule has 3 aromatic carbocycles. The molecule has 0 N–H and O–H groups in total. The summed E-state index contributed by atoms with van der Waals surface area (Å²) in [4.78, 5) is 17.3. The average Bonchev–Trinajstić information content (AvgIpc) is 3.19. The predicted octanol–water partition coefficient (Wildman–Crippen LogP) is 5.97. The third kappa shape index (κ3) is 4.59. The number of ether oxygens (including phenoxy) is 1. The van der Waals surface area contributed by atoms with Crippen molar-refractivity contribution in [2.45, 2.75) is 21.6 Å². The Balaban J connectivity index is 1.29. The van der Waals surface area contributed by atoms with Gasteiger partial charge < -0.3 is 9.30 Å². The van der Waals surface area contributed by atoms with E-state index < -0.39 is 0 Å². The number of benzene rings is 3. The van der Waals surface area contributed by atoms with E-state index in [1.54, 1.807) is 40.9 Å².